The van der Waals surface area contributed by atoms with E-state index in [9.17, 15) is 14.3 Å². The van der Waals surface area contributed by atoms with Crippen molar-refractivity contribution in [1.82, 2.24) is 4.98 Å². The molecule has 0 bridgehead atoms. The predicted molar refractivity (Wildman–Crippen MR) is 77.8 cm³/mol. The van der Waals surface area contributed by atoms with Crippen LogP contribution >= 0.6 is 0 Å². The monoisotopic (exact) mass is 282 g/mol. The average Bonchev–Trinajstić information content (AvgIpc) is 2.47. The molecule has 2 N–H and O–H groups in total. The van der Waals surface area contributed by atoms with Crippen LogP contribution in [0.2, 0.25) is 0 Å². The van der Waals surface area contributed by atoms with Crippen molar-refractivity contribution >= 4 is 22.4 Å². The highest BCUT2D eigenvalue weighted by molar-refractivity contribution is 6.10. The largest absolute Gasteiger partial charge is 0.507 e. The van der Waals surface area contributed by atoms with E-state index in [1.54, 1.807) is 18.5 Å². The minimum Gasteiger partial charge on any atom is -0.507 e. The number of carbonyl (C=O) groups excluding carboxylic acids is 1. The van der Waals surface area contributed by atoms with Crippen molar-refractivity contribution in [2.24, 2.45) is 0 Å². The molecule has 0 saturated carbocycles. The zero-order chi connectivity index (χ0) is 14.8. The van der Waals surface area contributed by atoms with Gasteiger partial charge < -0.3 is 10.4 Å². The highest BCUT2D eigenvalue weighted by Gasteiger charge is 2.13. The molecule has 0 fully saturated rings. The molecule has 1 heterocycles. The first-order valence-corrected chi connectivity index (χ1v) is 6.28. The van der Waals surface area contributed by atoms with E-state index >= 15 is 0 Å². The third kappa shape index (κ3) is 2.53. The number of nitrogens with one attached hydrogen (secondary N) is 1. The molecule has 0 saturated heterocycles. The van der Waals surface area contributed by atoms with Crippen molar-refractivity contribution in [3.05, 3.63) is 66.2 Å². The number of hydrogen-bond donors (Lipinski definition) is 2. The predicted octanol–water partition coefficient (Wildman–Crippen LogP) is 3.33. The Bertz CT molecular complexity index is 828. The van der Waals surface area contributed by atoms with Gasteiger partial charge in [-0.2, -0.15) is 0 Å². The van der Waals surface area contributed by atoms with Gasteiger partial charge in [-0.15, -0.1) is 0 Å². The summed E-state index contributed by atoms with van der Waals surface area (Å²) in [5.41, 5.74) is 0.589. The fraction of sp³-hybridized carbons (Fsp3) is 0. The van der Waals surface area contributed by atoms with Crippen molar-refractivity contribution in [3.63, 3.8) is 0 Å². The Kier molecular flexibility index (Phi) is 3.23. The Hall–Kier alpha value is -2.95. The van der Waals surface area contributed by atoms with Crippen molar-refractivity contribution < 1.29 is 14.3 Å². The smallest absolute Gasteiger partial charge is 0.259 e. The SMILES string of the molecule is O=C(Nc1cccc2ccncc12)c1ccc(F)cc1O. The number of halogens is 1. The molecule has 1 aromatic heterocycles. The molecule has 3 aromatic rings. The van der Waals surface area contributed by atoms with Gasteiger partial charge in [0.15, 0.2) is 0 Å². The molecule has 21 heavy (non-hydrogen) atoms. The fourth-order valence-electron chi connectivity index (χ4n) is 2.11. The van der Waals surface area contributed by atoms with Crippen LogP contribution in [-0.4, -0.2) is 16.0 Å². The molecule has 2 aromatic carbocycles. The third-order valence-electron chi connectivity index (χ3n) is 3.14. The van der Waals surface area contributed by atoms with Crippen LogP contribution in [0.15, 0.2) is 54.9 Å². The molecule has 3 rings (SSSR count). The number of benzene rings is 2. The number of rotatable bonds is 2. The number of carbonyl (C=O) groups is 1. The Labute approximate surface area is 119 Å². The first-order valence-electron chi connectivity index (χ1n) is 6.28. The van der Waals surface area contributed by atoms with Crippen LogP contribution in [0.5, 0.6) is 5.75 Å². The van der Waals surface area contributed by atoms with E-state index in [0.717, 1.165) is 22.9 Å². The zero-order valence-electron chi connectivity index (χ0n) is 10.9. The number of aromatic nitrogens is 1. The van der Waals surface area contributed by atoms with Crippen LogP contribution in [0.4, 0.5) is 10.1 Å². The highest BCUT2D eigenvalue weighted by Crippen LogP contribution is 2.24. The second kappa shape index (κ2) is 5.20. The molecule has 0 spiro atoms. The molecule has 104 valence electrons. The molecule has 1 amide bonds. The summed E-state index contributed by atoms with van der Waals surface area (Å²) in [5, 5.41) is 14.1. The first-order chi connectivity index (χ1) is 10.1. The average molecular weight is 282 g/mol. The standard InChI is InChI=1S/C16H11FN2O2/c17-11-4-5-12(15(20)8-11)16(21)19-14-3-1-2-10-6-7-18-9-13(10)14/h1-9,20H,(H,19,21). The van der Waals surface area contributed by atoms with Gasteiger partial charge in [0.2, 0.25) is 0 Å². The van der Waals surface area contributed by atoms with Crippen molar-refractivity contribution in [3.8, 4) is 5.75 Å². The molecule has 0 aliphatic rings. The maximum absolute atomic E-state index is 12.9. The number of anilines is 1. The van der Waals surface area contributed by atoms with Gasteiger partial charge in [0.1, 0.15) is 11.6 Å². The van der Waals surface area contributed by atoms with Gasteiger partial charge in [-0.05, 0) is 29.7 Å². The minimum absolute atomic E-state index is 0.0114. The summed E-state index contributed by atoms with van der Waals surface area (Å²) in [7, 11) is 0. The van der Waals surface area contributed by atoms with Gasteiger partial charge >= 0.3 is 0 Å². The zero-order valence-corrected chi connectivity index (χ0v) is 10.9. The first kappa shape index (κ1) is 13.1. The topological polar surface area (TPSA) is 62.2 Å². The normalized spacial score (nSPS) is 10.5. The number of phenols is 1. The third-order valence-corrected chi connectivity index (χ3v) is 3.14. The molecule has 0 aliphatic heterocycles. The Morgan fingerprint density at radius 2 is 2.05 bits per heavy atom. The van der Waals surface area contributed by atoms with Gasteiger partial charge in [-0.25, -0.2) is 4.39 Å². The van der Waals surface area contributed by atoms with Crippen LogP contribution in [0, 0.1) is 5.82 Å². The van der Waals surface area contributed by atoms with Crippen LogP contribution in [-0.2, 0) is 0 Å². The quantitative estimate of drug-likeness (QED) is 0.757. The van der Waals surface area contributed by atoms with E-state index in [4.69, 9.17) is 0 Å². The molecule has 0 atom stereocenters. The lowest BCUT2D eigenvalue weighted by atomic mass is 10.1. The van der Waals surface area contributed by atoms with Gasteiger partial charge in [-0.3, -0.25) is 9.78 Å². The van der Waals surface area contributed by atoms with Crippen LogP contribution in [0.1, 0.15) is 10.4 Å². The van der Waals surface area contributed by atoms with E-state index in [-0.39, 0.29) is 5.56 Å². The molecular formula is C16H11FN2O2. The summed E-state index contributed by atoms with van der Waals surface area (Å²) in [6.45, 7) is 0. The fourth-order valence-corrected chi connectivity index (χ4v) is 2.11. The number of pyridine rings is 1. The lowest BCUT2D eigenvalue weighted by Crippen LogP contribution is -2.12. The van der Waals surface area contributed by atoms with Gasteiger partial charge in [-0.1, -0.05) is 12.1 Å². The molecule has 0 radical (unpaired) electrons. The maximum Gasteiger partial charge on any atom is 0.259 e. The van der Waals surface area contributed by atoms with E-state index in [1.165, 1.54) is 6.07 Å². The molecule has 0 unspecified atom stereocenters. The number of fused-ring (bicyclic) bond motifs is 1. The number of aromatic hydroxyl groups is 1. The molecular weight excluding hydrogens is 271 g/mol. The number of hydrogen-bond acceptors (Lipinski definition) is 3. The van der Waals surface area contributed by atoms with Gasteiger partial charge in [0.25, 0.3) is 5.91 Å². The Morgan fingerprint density at radius 1 is 1.19 bits per heavy atom. The van der Waals surface area contributed by atoms with Crippen LogP contribution in [0.3, 0.4) is 0 Å². The number of phenolic OH excluding ortho intramolecular Hbond substituents is 1. The summed E-state index contributed by atoms with van der Waals surface area (Å²) in [5.74, 6) is -1.51. The molecule has 5 heteroatoms. The molecule has 4 nitrogen and oxygen atoms in total. The second-order valence-electron chi connectivity index (χ2n) is 4.52. The Balaban J connectivity index is 1.97. The maximum atomic E-state index is 12.9. The lowest BCUT2D eigenvalue weighted by Gasteiger charge is -2.09. The minimum atomic E-state index is -0.599. The summed E-state index contributed by atoms with van der Waals surface area (Å²) >= 11 is 0. The molecule has 0 aliphatic carbocycles. The van der Waals surface area contributed by atoms with E-state index < -0.39 is 17.5 Å². The second-order valence-corrected chi connectivity index (χ2v) is 4.52. The van der Waals surface area contributed by atoms with Gasteiger partial charge in [0.05, 0.1) is 11.3 Å². The van der Waals surface area contributed by atoms with Crippen LogP contribution in [0.25, 0.3) is 10.8 Å². The summed E-state index contributed by atoms with van der Waals surface area (Å²) in [6, 6.07) is 10.6. The van der Waals surface area contributed by atoms with Crippen molar-refractivity contribution in [2.45, 2.75) is 0 Å². The lowest BCUT2D eigenvalue weighted by molar-refractivity contribution is 0.102. The summed E-state index contributed by atoms with van der Waals surface area (Å²) in [4.78, 5) is 16.2. The number of amides is 1. The van der Waals surface area contributed by atoms with Crippen molar-refractivity contribution in [1.29, 1.82) is 0 Å². The van der Waals surface area contributed by atoms with E-state index in [1.807, 2.05) is 18.2 Å². The summed E-state index contributed by atoms with van der Waals surface area (Å²) < 4.78 is 12.9. The van der Waals surface area contributed by atoms with E-state index in [0.29, 0.717) is 5.69 Å². The summed E-state index contributed by atoms with van der Waals surface area (Å²) in [6.07, 6.45) is 3.31. The highest BCUT2D eigenvalue weighted by atomic mass is 19.1. The number of nitrogens with zero attached hydrogens (tertiary/aromatic N) is 1. The Morgan fingerprint density at radius 3 is 2.86 bits per heavy atom. The van der Waals surface area contributed by atoms with Crippen LogP contribution < -0.4 is 5.32 Å². The van der Waals surface area contributed by atoms with Crippen molar-refractivity contribution in [2.75, 3.05) is 5.32 Å². The van der Waals surface area contributed by atoms with E-state index in [2.05, 4.69) is 10.3 Å². The van der Waals surface area contributed by atoms with Gasteiger partial charge in [0, 0.05) is 23.8 Å².